The molecular weight excluding hydrogens is 264 g/mol. The molecule has 0 N–H and O–H groups in total. The molecule has 3 heterocycles. The highest BCUT2D eigenvalue weighted by Crippen LogP contribution is 2.21. The molecular formula is C12H16N4O2S. The van der Waals surface area contributed by atoms with Gasteiger partial charge in [-0.2, -0.15) is 0 Å². The molecule has 6 nitrogen and oxygen atoms in total. The Labute approximate surface area is 115 Å². The Balaban J connectivity index is 1.77. The van der Waals surface area contributed by atoms with Gasteiger partial charge in [0.05, 0.1) is 12.7 Å². The van der Waals surface area contributed by atoms with Gasteiger partial charge >= 0.3 is 0 Å². The molecule has 0 aromatic carbocycles. The lowest BCUT2D eigenvalue weighted by molar-refractivity contribution is -0.130. The van der Waals surface area contributed by atoms with E-state index in [2.05, 4.69) is 15.2 Å². The molecule has 1 fully saturated rings. The number of thioether (sulfide) groups is 1. The molecule has 1 aliphatic heterocycles. The van der Waals surface area contributed by atoms with Crippen LogP contribution >= 0.6 is 11.8 Å². The summed E-state index contributed by atoms with van der Waals surface area (Å²) in [5.74, 6) is 1.52. The summed E-state index contributed by atoms with van der Waals surface area (Å²) in [5, 5.41) is 9.20. The molecule has 0 radical (unpaired) electrons. The maximum Gasteiger partial charge on any atom is 0.256 e. The van der Waals surface area contributed by atoms with Gasteiger partial charge in [-0.25, -0.2) is 4.98 Å². The molecule has 0 spiro atoms. The summed E-state index contributed by atoms with van der Waals surface area (Å²) in [5.41, 5.74) is 2.06. The maximum absolute atomic E-state index is 5.52. The highest BCUT2D eigenvalue weighted by molar-refractivity contribution is 7.99. The summed E-state index contributed by atoms with van der Waals surface area (Å²) in [4.78, 5) is 4.38. The number of ether oxygens (including phenoxy) is 2. The van der Waals surface area contributed by atoms with E-state index in [0.717, 1.165) is 35.3 Å². The molecule has 2 aromatic heterocycles. The molecule has 0 bridgehead atoms. The summed E-state index contributed by atoms with van der Waals surface area (Å²) in [7, 11) is 0. The van der Waals surface area contributed by atoms with Crippen LogP contribution in [-0.2, 0) is 9.47 Å². The molecule has 7 heteroatoms. The van der Waals surface area contributed by atoms with Crippen molar-refractivity contribution in [2.75, 3.05) is 19.2 Å². The van der Waals surface area contributed by atoms with E-state index < -0.39 is 0 Å². The summed E-state index contributed by atoms with van der Waals surface area (Å²) >= 11 is 1.65. The SMILES string of the molecule is Cc1cc(C)n2c(SC[C@H]3CCOCO3)nnc2n1. The molecule has 1 atom stereocenters. The molecule has 3 rings (SSSR count). The number of nitrogens with zero attached hydrogens (tertiary/aromatic N) is 4. The lowest BCUT2D eigenvalue weighted by atomic mass is 10.3. The van der Waals surface area contributed by atoms with Gasteiger partial charge in [-0.05, 0) is 26.3 Å². The first-order valence-corrected chi connectivity index (χ1v) is 7.24. The van der Waals surface area contributed by atoms with Crippen LogP contribution in [0.25, 0.3) is 5.78 Å². The van der Waals surface area contributed by atoms with Gasteiger partial charge in [0.25, 0.3) is 5.78 Å². The smallest absolute Gasteiger partial charge is 0.256 e. The minimum Gasteiger partial charge on any atom is -0.355 e. The Bertz CT molecular complexity index is 580. The van der Waals surface area contributed by atoms with Crippen LogP contribution < -0.4 is 0 Å². The number of hydrogen-bond donors (Lipinski definition) is 0. The van der Waals surface area contributed by atoms with Crippen LogP contribution in [0.15, 0.2) is 11.2 Å². The number of hydrogen-bond acceptors (Lipinski definition) is 6. The van der Waals surface area contributed by atoms with E-state index in [-0.39, 0.29) is 6.10 Å². The third-order valence-electron chi connectivity index (χ3n) is 3.03. The lowest BCUT2D eigenvalue weighted by Gasteiger charge is -2.21. The van der Waals surface area contributed by atoms with Crippen LogP contribution in [0.3, 0.4) is 0 Å². The third-order valence-corrected chi connectivity index (χ3v) is 4.09. The summed E-state index contributed by atoms with van der Waals surface area (Å²) in [6, 6.07) is 2.03. The highest BCUT2D eigenvalue weighted by atomic mass is 32.2. The second-order valence-electron chi connectivity index (χ2n) is 4.57. The van der Waals surface area contributed by atoms with Crippen molar-refractivity contribution >= 4 is 17.5 Å². The molecule has 0 amide bonds. The molecule has 2 aromatic rings. The Kier molecular flexibility index (Phi) is 3.67. The van der Waals surface area contributed by atoms with Crippen molar-refractivity contribution in [2.24, 2.45) is 0 Å². The van der Waals surface area contributed by atoms with Gasteiger partial charge in [0.2, 0.25) is 0 Å². The predicted molar refractivity (Wildman–Crippen MR) is 71.3 cm³/mol. The van der Waals surface area contributed by atoms with E-state index in [1.165, 1.54) is 0 Å². The van der Waals surface area contributed by atoms with Crippen LogP contribution in [-0.4, -0.2) is 44.8 Å². The fraction of sp³-hybridized carbons (Fsp3) is 0.583. The van der Waals surface area contributed by atoms with Crippen LogP contribution in [0.2, 0.25) is 0 Å². The first-order valence-electron chi connectivity index (χ1n) is 6.25. The Morgan fingerprint density at radius 2 is 2.32 bits per heavy atom. The van der Waals surface area contributed by atoms with Gasteiger partial charge in [-0.15, -0.1) is 10.2 Å². The first kappa shape index (κ1) is 12.8. The lowest BCUT2D eigenvalue weighted by Crippen LogP contribution is -2.25. The van der Waals surface area contributed by atoms with Crippen LogP contribution in [0, 0.1) is 13.8 Å². The van der Waals surface area contributed by atoms with Crippen molar-refractivity contribution in [1.29, 1.82) is 0 Å². The number of aryl methyl sites for hydroxylation is 2. The topological polar surface area (TPSA) is 61.5 Å². The number of aromatic nitrogens is 4. The van der Waals surface area contributed by atoms with Gasteiger partial charge in [0.15, 0.2) is 5.16 Å². The summed E-state index contributed by atoms with van der Waals surface area (Å²) in [6.07, 6.45) is 1.16. The Hall–Kier alpha value is -1.18. The fourth-order valence-electron chi connectivity index (χ4n) is 2.09. The quantitative estimate of drug-likeness (QED) is 0.796. The van der Waals surface area contributed by atoms with E-state index in [9.17, 15) is 0 Å². The summed E-state index contributed by atoms with van der Waals surface area (Å²) < 4.78 is 12.7. The van der Waals surface area contributed by atoms with E-state index >= 15 is 0 Å². The van der Waals surface area contributed by atoms with E-state index in [4.69, 9.17) is 9.47 Å². The van der Waals surface area contributed by atoms with Crippen LogP contribution in [0.5, 0.6) is 0 Å². The van der Waals surface area contributed by atoms with E-state index in [0.29, 0.717) is 12.6 Å². The summed E-state index contributed by atoms with van der Waals surface area (Å²) in [6.45, 7) is 5.17. The second kappa shape index (κ2) is 5.44. The van der Waals surface area contributed by atoms with Gasteiger partial charge in [0, 0.05) is 17.1 Å². The minimum atomic E-state index is 0.227. The van der Waals surface area contributed by atoms with Gasteiger partial charge in [0.1, 0.15) is 6.79 Å². The molecule has 102 valence electrons. The average molecular weight is 280 g/mol. The van der Waals surface area contributed by atoms with Crippen molar-refractivity contribution < 1.29 is 9.47 Å². The third kappa shape index (κ3) is 2.72. The monoisotopic (exact) mass is 280 g/mol. The molecule has 1 saturated heterocycles. The van der Waals surface area contributed by atoms with Gasteiger partial charge in [-0.3, -0.25) is 4.40 Å². The van der Waals surface area contributed by atoms with Crippen molar-refractivity contribution in [3.8, 4) is 0 Å². The van der Waals surface area contributed by atoms with Gasteiger partial charge in [-0.1, -0.05) is 11.8 Å². The normalized spacial score (nSPS) is 20.0. The van der Waals surface area contributed by atoms with Crippen LogP contribution in [0.1, 0.15) is 17.8 Å². The standard InChI is InChI=1S/C12H16N4O2S/c1-8-5-9(2)16-11(13-8)14-15-12(16)19-6-10-3-4-17-7-18-10/h5,10H,3-4,6-7H2,1-2H3/t10-/m1/s1. The molecule has 19 heavy (non-hydrogen) atoms. The molecule has 0 aliphatic carbocycles. The molecule has 0 saturated carbocycles. The Morgan fingerprint density at radius 1 is 1.42 bits per heavy atom. The zero-order chi connectivity index (χ0) is 13.2. The largest absolute Gasteiger partial charge is 0.355 e. The van der Waals surface area contributed by atoms with E-state index in [1.807, 2.05) is 24.3 Å². The highest BCUT2D eigenvalue weighted by Gasteiger charge is 2.17. The van der Waals surface area contributed by atoms with Crippen molar-refractivity contribution in [1.82, 2.24) is 19.6 Å². The van der Waals surface area contributed by atoms with Crippen molar-refractivity contribution in [2.45, 2.75) is 31.5 Å². The Morgan fingerprint density at radius 3 is 3.11 bits per heavy atom. The molecule has 1 aliphatic rings. The van der Waals surface area contributed by atoms with E-state index in [1.54, 1.807) is 11.8 Å². The van der Waals surface area contributed by atoms with Crippen molar-refractivity contribution in [3.05, 3.63) is 17.5 Å². The predicted octanol–water partition coefficient (Wildman–Crippen LogP) is 1.60. The maximum atomic E-state index is 5.52. The zero-order valence-electron chi connectivity index (χ0n) is 11.0. The fourth-order valence-corrected chi connectivity index (χ4v) is 3.15. The minimum absolute atomic E-state index is 0.227. The van der Waals surface area contributed by atoms with Crippen LogP contribution in [0.4, 0.5) is 0 Å². The first-order chi connectivity index (χ1) is 9.24. The molecule has 0 unspecified atom stereocenters. The number of rotatable bonds is 3. The van der Waals surface area contributed by atoms with Gasteiger partial charge < -0.3 is 9.47 Å². The zero-order valence-corrected chi connectivity index (χ0v) is 11.8. The average Bonchev–Trinajstić information content (AvgIpc) is 2.81. The van der Waals surface area contributed by atoms with Crippen molar-refractivity contribution in [3.63, 3.8) is 0 Å². The number of fused-ring (bicyclic) bond motifs is 1. The second-order valence-corrected chi connectivity index (χ2v) is 5.56.